The van der Waals surface area contributed by atoms with Crippen LogP contribution in [0.3, 0.4) is 0 Å². The molecule has 3 rings (SSSR count). The Bertz CT molecular complexity index is 746. The fraction of sp³-hybridized carbons (Fsp3) is 0.0909. The fourth-order valence-corrected chi connectivity index (χ4v) is 2.50. The highest BCUT2D eigenvalue weighted by atomic mass is 32.1. The Balaban J connectivity index is 2.34. The number of rotatable bonds is 2. The molecule has 0 spiro atoms. The van der Waals surface area contributed by atoms with Crippen molar-refractivity contribution < 1.29 is 4.92 Å². The molecule has 0 atom stereocenters. The van der Waals surface area contributed by atoms with Crippen LogP contribution in [0.15, 0.2) is 29.9 Å². The molecule has 18 heavy (non-hydrogen) atoms. The second-order valence-electron chi connectivity index (χ2n) is 3.79. The summed E-state index contributed by atoms with van der Waals surface area (Å²) in [5.74, 6) is 0. The molecule has 0 aliphatic rings. The predicted octanol–water partition coefficient (Wildman–Crippen LogP) is 2.70. The van der Waals surface area contributed by atoms with E-state index in [4.69, 9.17) is 0 Å². The first kappa shape index (κ1) is 10.8. The number of aromatic nitrogens is 3. The van der Waals surface area contributed by atoms with Crippen molar-refractivity contribution in [2.24, 2.45) is 0 Å². The summed E-state index contributed by atoms with van der Waals surface area (Å²) in [6, 6.07) is 5.33. The lowest BCUT2D eigenvalue weighted by Gasteiger charge is -2.03. The lowest BCUT2D eigenvalue weighted by molar-refractivity contribution is -0.383. The van der Waals surface area contributed by atoms with Gasteiger partial charge in [0.05, 0.1) is 20.8 Å². The van der Waals surface area contributed by atoms with Crippen LogP contribution in [0, 0.1) is 17.0 Å². The van der Waals surface area contributed by atoms with Crippen LogP contribution in [0.1, 0.15) is 5.69 Å². The third-order valence-corrected chi connectivity index (χ3v) is 3.40. The zero-order valence-corrected chi connectivity index (χ0v) is 10.2. The van der Waals surface area contributed by atoms with Gasteiger partial charge in [-0.15, -0.1) is 11.3 Å². The summed E-state index contributed by atoms with van der Waals surface area (Å²) in [7, 11) is 0. The lowest BCUT2D eigenvalue weighted by Crippen LogP contribution is -2.01. The maximum absolute atomic E-state index is 11.2. The van der Waals surface area contributed by atoms with Gasteiger partial charge in [0, 0.05) is 6.20 Å². The van der Waals surface area contributed by atoms with E-state index < -0.39 is 4.92 Å². The largest absolute Gasteiger partial charge is 0.321 e. The van der Waals surface area contributed by atoms with Gasteiger partial charge < -0.3 is 0 Å². The quantitative estimate of drug-likeness (QED) is 0.524. The molecule has 0 aliphatic carbocycles. The van der Waals surface area contributed by atoms with Crippen molar-refractivity contribution in [3.8, 4) is 5.69 Å². The zero-order valence-electron chi connectivity index (χ0n) is 9.40. The smallest absolute Gasteiger partial charge is 0.258 e. The van der Waals surface area contributed by atoms with Crippen LogP contribution in [0.5, 0.6) is 0 Å². The zero-order chi connectivity index (χ0) is 12.7. The van der Waals surface area contributed by atoms with Gasteiger partial charge in [0.25, 0.3) is 0 Å². The summed E-state index contributed by atoms with van der Waals surface area (Å²) < 4.78 is 2.31. The van der Waals surface area contributed by atoms with Gasteiger partial charge in [-0.1, -0.05) is 0 Å². The molecule has 0 fully saturated rings. The number of nitro groups is 1. The molecule has 6 nitrogen and oxygen atoms in total. The van der Waals surface area contributed by atoms with Crippen LogP contribution >= 0.6 is 11.3 Å². The van der Waals surface area contributed by atoms with Gasteiger partial charge in [-0.25, -0.2) is 9.67 Å². The van der Waals surface area contributed by atoms with Crippen LogP contribution in [-0.4, -0.2) is 19.7 Å². The van der Waals surface area contributed by atoms with Crippen LogP contribution in [-0.2, 0) is 0 Å². The first-order chi connectivity index (χ1) is 8.66. The van der Waals surface area contributed by atoms with Gasteiger partial charge in [-0.2, -0.15) is 5.10 Å². The topological polar surface area (TPSA) is 73.8 Å². The third-order valence-electron chi connectivity index (χ3n) is 2.61. The van der Waals surface area contributed by atoms with E-state index in [-0.39, 0.29) is 5.69 Å². The van der Waals surface area contributed by atoms with Gasteiger partial charge in [0.2, 0.25) is 0 Å². The van der Waals surface area contributed by atoms with Crippen LogP contribution < -0.4 is 0 Å². The molecule has 2 aromatic heterocycles. The number of thiazole rings is 1. The molecule has 7 heteroatoms. The summed E-state index contributed by atoms with van der Waals surface area (Å²) in [6.45, 7) is 1.84. The van der Waals surface area contributed by atoms with Gasteiger partial charge in [0.15, 0.2) is 5.52 Å². The Morgan fingerprint density at radius 3 is 2.89 bits per heavy atom. The molecule has 0 amide bonds. The second kappa shape index (κ2) is 3.88. The molecule has 3 aromatic rings. The van der Waals surface area contributed by atoms with Crippen LogP contribution in [0.2, 0.25) is 0 Å². The Hall–Kier alpha value is -2.28. The number of fused-ring (bicyclic) bond motifs is 1. The highest BCUT2D eigenvalue weighted by Gasteiger charge is 2.22. The first-order valence-corrected chi connectivity index (χ1v) is 6.08. The van der Waals surface area contributed by atoms with Gasteiger partial charge in [-0.3, -0.25) is 10.1 Å². The highest BCUT2D eigenvalue weighted by Crippen LogP contribution is 2.32. The average Bonchev–Trinajstić information content (AvgIpc) is 2.95. The highest BCUT2D eigenvalue weighted by molar-refractivity contribution is 7.16. The van der Waals surface area contributed by atoms with Crippen molar-refractivity contribution in [3.05, 3.63) is 45.7 Å². The fourth-order valence-electron chi connectivity index (χ4n) is 1.82. The Morgan fingerprint density at radius 1 is 1.39 bits per heavy atom. The van der Waals surface area contributed by atoms with E-state index in [1.807, 2.05) is 13.0 Å². The van der Waals surface area contributed by atoms with Crippen LogP contribution in [0.4, 0.5) is 5.69 Å². The first-order valence-electron chi connectivity index (χ1n) is 5.20. The van der Waals surface area contributed by atoms with E-state index in [1.54, 1.807) is 23.8 Å². The van der Waals surface area contributed by atoms with Crippen molar-refractivity contribution >= 4 is 27.2 Å². The van der Waals surface area contributed by atoms with Crippen molar-refractivity contribution in [1.82, 2.24) is 14.8 Å². The van der Waals surface area contributed by atoms with Crippen molar-refractivity contribution in [3.63, 3.8) is 0 Å². The second-order valence-corrected chi connectivity index (χ2v) is 4.68. The van der Waals surface area contributed by atoms with Gasteiger partial charge in [0.1, 0.15) is 5.69 Å². The molecule has 2 heterocycles. The predicted molar refractivity (Wildman–Crippen MR) is 68.1 cm³/mol. The molecule has 0 N–H and O–H groups in total. The van der Waals surface area contributed by atoms with E-state index in [2.05, 4.69) is 10.1 Å². The van der Waals surface area contributed by atoms with E-state index >= 15 is 0 Å². The summed E-state index contributed by atoms with van der Waals surface area (Å²) in [5, 5.41) is 15.4. The van der Waals surface area contributed by atoms with Crippen molar-refractivity contribution in [1.29, 1.82) is 0 Å². The molecule has 1 aromatic carbocycles. The lowest BCUT2D eigenvalue weighted by atomic mass is 10.2. The number of hydrogen-bond donors (Lipinski definition) is 0. The minimum atomic E-state index is -0.408. The summed E-state index contributed by atoms with van der Waals surface area (Å²) in [4.78, 5) is 14.9. The Morgan fingerprint density at radius 2 is 2.22 bits per heavy atom. The molecular formula is C11H8N4O2S. The molecule has 0 aliphatic heterocycles. The molecule has 0 radical (unpaired) electrons. The number of aryl methyl sites for hydroxylation is 1. The number of hydrogen-bond acceptors (Lipinski definition) is 5. The average molecular weight is 260 g/mol. The van der Waals surface area contributed by atoms with Gasteiger partial charge in [-0.05, 0) is 25.1 Å². The Labute approximate surface area is 106 Å². The summed E-state index contributed by atoms with van der Waals surface area (Å²) >= 11 is 1.38. The molecule has 90 valence electrons. The van der Waals surface area contributed by atoms with E-state index in [1.165, 1.54) is 16.0 Å². The SMILES string of the molecule is Cc1ccn(-c2ccc3scnc3c2[N+](=O)[O-])n1. The normalized spacial score (nSPS) is 10.9. The van der Waals surface area contributed by atoms with E-state index in [0.717, 1.165) is 10.4 Å². The summed E-state index contributed by atoms with van der Waals surface area (Å²) in [6.07, 6.45) is 1.70. The maximum Gasteiger partial charge on any atom is 0.321 e. The standard InChI is InChI=1S/C11H8N4O2S/c1-7-4-5-14(13-7)8-2-3-9-10(12-6-18-9)11(8)15(16)17/h2-6H,1H3. The molecular weight excluding hydrogens is 252 g/mol. The Kier molecular flexibility index (Phi) is 2.34. The number of benzene rings is 1. The van der Waals surface area contributed by atoms with E-state index in [9.17, 15) is 10.1 Å². The van der Waals surface area contributed by atoms with Crippen LogP contribution in [0.25, 0.3) is 15.9 Å². The van der Waals surface area contributed by atoms with Crippen molar-refractivity contribution in [2.75, 3.05) is 0 Å². The monoisotopic (exact) mass is 260 g/mol. The minimum absolute atomic E-state index is 0.00292. The number of nitrogens with zero attached hydrogens (tertiary/aromatic N) is 4. The molecule has 0 bridgehead atoms. The molecule has 0 saturated carbocycles. The minimum Gasteiger partial charge on any atom is -0.258 e. The van der Waals surface area contributed by atoms with Gasteiger partial charge >= 0.3 is 5.69 Å². The van der Waals surface area contributed by atoms with E-state index in [0.29, 0.717) is 11.2 Å². The maximum atomic E-state index is 11.2. The number of nitro benzene ring substituents is 1. The van der Waals surface area contributed by atoms with Crippen molar-refractivity contribution in [2.45, 2.75) is 6.92 Å². The molecule has 0 unspecified atom stereocenters. The summed E-state index contributed by atoms with van der Waals surface area (Å²) in [5.41, 5.74) is 3.26. The third kappa shape index (κ3) is 1.56. The molecule has 0 saturated heterocycles.